The van der Waals surface area contributed by atoms with Gasteiger partial charge in [-0.1, -0.05) is 24.3 Å². The predicted octanol–water partition coefficient (Wildman–Crippen LogP) is 2.47. The molecule has 1 saturated carbocycles. The summed E-state index contributed by atoms with van der Waals surface area (Å²) in [4.78, 5) is 27.1. The lowest BCUT2D eigenvalue weighted by Crippen LogP contribution is -2.24. The lowest BCUT2D eigenvalue weighted by atomic mass is 9.92. The van der Waals surface area contributed by atoms with Gasteiger partial charge in [0.2, 0.25) is 0 Å². The highest BCUT2D eigenvalue weighted by Gasteiger charge is 2.39. The molecule has 0 aromatic heterocycles. The highest BCUT2D eigenvalue weighted by Crippen LogP contribution is 2.36. The summed E-state index contributed by atoms with van der Waals surface area (Å²) in [7, 11) is 1.28. The molecular weight excluding hydrogens is 230 g/mol. The summed E-state index contributed by atoms with van der Waals surface area (Å²) >= 11 is 0. The summed E-state index contributed by atoms with van der Waals surface area (Å²) in [5.74, 6) is -1.45. The van der Waals surface area contributed by atoms with Crippen molar-refractivity contribution in [1.82, 2.24) is 0 Å². The van der Waals surface area contributed by atoms with Gasteiger partial charge in [0.1, 0.15) is 5.92 Å². The van der Waals surface area contributed by atoms with Crippen LogP contribution in [-0.4, -0.2) is 18.9 Å². The third-order valence-corrected chi connectivity index (χ3v) is 3.06. The van der Waals surface area contributed by atoms with E-state index < -0.39 is 11.9 Å². The minimum absolute atomic E-state index is 0.00496. The van der Waals surface area contributed by atoms with Crippen LogP contribution in [0.4, 0.5) is 5.69 Å². The van der Waals surface area contributed by atoms with E-state index in [9.17, 15) is 9.59 Å². The zero-order valence-electron chi connectivity index (χ0n) is 10.1. The second-order valence-corrected chi connectivity index (χ2v) is 4.34. The molecular formula is C14H13NO3. The molecule has 0 aliphatic heterocycles. The second kappa shape index (κ2) is 5.01. The Bertz CT molecular complexity index is 509. The van der Waals surface area contributed by atoms with Crippen LogP contribution in [-0.2, 0) is 14.3 Å². The van der Waals surface area contributed by atoms with Gasteiger partial charge >= 0.3 is 5.97 Å². The number of carbonyl (C=O) groups is 2. The van der Waals surface area contributed by atoms with Crippen LogP contribution in [0.3, 0.4) is 0 Å². The molecule has 0 saturated heterocycles. The van der Waals surface area contributed by atoms with Crippen LogP contribution in [0.1, 0.15) is 24.3 Å². The van der Waals surface area contributed by atoms with Gasteiger partial charge in [-0.15, -0.1) is 0 Å². The number of rotatable bonds is 4. The Hall–Kier alpha value is -2.15. The molecule has 1 aromatic carbocycles. The smallest absolute Gasteiger partial charge is 0.320 e. The fourth-order valence-electron chi connectivity index (χ4n) is 1.88. The lowest BCUT2D eigenvalue weighted by Gasteiger charge is -2.13. The summed E-state index contributed by atoms with van der Waals surface area (Å²) in [6.45, 7) is 6.87. The molecule has 1 fully saturated rings. The average Bonchev–Trinajstić information content (AvgIpc) is 3.23. The van der Waals surface area contributed by atoms with Crippen LogP contribution in [0.2, 0.25) is 0 Å². The maximum atomic E-state index is 12.1. The van der Waals surface area contributed by atoms with E-state index >= 15 is 0 Å². The summed E-state index contributed by atoms with van der Waals surface area (Å²) in [6, 6.07) is 6.52. The molecule has 1 aromatic rings. The molecule has 2 rings (SSSR count). The monoisotopic (exact) mass is 243 g/mol. The topological polar surface area (TPSA) is 47.7 Å². The summed E-state index contributed by atoms with van der Waals surface area (Å²) < 4.78 is 4.70. The van der Waals surface area contributed by atoms with E-state index in [1.807, 2.05) is 0 Å². The van der Waals surface area contributed by atoms with E-state index in [0.29, 0.717) is 11.3 Å². The Morgan fingerprint density at radius 1 is 1.33 bits per heavy atom. The molecule has 92 valence electrons. The SMILES string of the molecule is [C-]#[N+]c1ccc(C(C(=O)OC)C(=O)C2CC2)cc1. The van der Waals surface area contributed by atoms with Gasteiger partial charge in [-0.2, -0.15) is 0 Å². The number of benzene rings is 1. The van der Waals surface area contributed by atoms with Crippen molar-refractivity contribution in [1.29, 1.82) is 0 Å². The number of carbonyl (C=O) groups excluding carboxylic acids is 2. The molecule has 0 bridgehead atoms. The second-order valence-electron chi connectivity index (χ2n) is 4.34. The van der Waals surface area contributed by atoms with Gasteiger partial charge in [-0.25, -0.2) is 4.85 Å². The highest BCUT2D eigenvalue weighted by molar-refractivity contribution is 6.06. The fraction of sp³-hybridized carbons (Fsp3) is 0.357. The molecule has 0 N–H and O–H groups in total. The molecule has 0 heterocycles. The summed E-state index contributed by atoms with van der Waals surface area (Å²) in [5, 5.41) is 0. The van der Waals surface area contributed by atoms with Gasteiger partial charge in [-0.3, -0.25) is 9.59 Å². The number of nitrogens with zero attached hydrogens (tertiary/aromatic N) is 1. The minimum atomic E-state index is -0.845. The minimum Gasteiger partial charge on any atom is -0.468 e. The molecule has 18 heavy (non-hydrogen) atoms. The van der Waals surface area contributed by atoms with Crippen molar-refractivity contribution in [2.45, 2.75) is 18.8 Å². The van der Waals surface area contributed by atoms with Crippen LogP contribution < -0.4 is 0 Å². The number of Topliss-reactive ketones (excluding diaryl/α,β-unsaturated/α-hetero) is 1. The first-order valence-electron chi connectivity index (χ1n) is 5.76. The zero-order chi connectivity index (χ0) is 13.1. The molecule has 0 amide bonds. The van der Waals surface area contributed by atoms with Crippen LogP contribution in [0.15, 0.2) is 24.3 Å². The van der Waals surface area contributed by atoms with Gasteiger partial charge < -0.3 is 4.74 Å². The van der Waals surface area contributed by atoms with Crippen LogP contribution >= 0.6 is 0 Å². The predicted molar refractivity (Wildman–Crippen MR) is 65.2 cm³/mol. The normalized spacial score (nSPS) is 15.6. The van der Waals surface area contributed by atoms with Crippen molar-refractivity contribution in [3.05, 3.63) is 41.2 Å². The molecule has 0 radical (unpaired) electrons. The number of hydrogen-bond donors (Lipinski definition) is 0. The Morgan fingerprint density at radius 2 is 1.94 bits per heavy atom. The standard InChI is InChI=1S/C14H13NO3/c1-15-11-7-5-9(6-8-11)12(14(17)18-2)13(16)10-3-4-10/h5-8,10,12H,3-4H2,2H3. The van der Waals surface area contributed by atoms with Crippen LogP contribution in [0, 0.1) is 12.5 Å². The number of hydrogen-bond acceptors (Lipinski definition) is 3. The van der Waals surface area contributed by atoms with Crippen molar-refractivity contribution < 1.29 is 14.3 Å². The number of ether oxygens (including phenoxy) is 1. The van der Waals surface area contributed by atoms with Gasteiger partial charge in [0.25, 0.3) is 0 Å². The summed E-state index contributed by atoms with van der Waals surface area (Å²) in [6.07, 6.45) is 1.71. The van der Waals surface area contributed by atoms with E-state index in [4.69, 9.17) is 11.3 Å². The van der Waals surface area contributed by atoms with Gasteiger partial charge in [-0.05, 0) is 18.4 Å². The molecule has 0 spiro atoms. The first-order valence-corrected chi connectivity index (χ1v) is 5.76. The highest BCUT2D eigenvalue weighted by atomic mass is 16.5. The Kier molecular flexibility index (Phi) is 3.42. The molecule has 1 unspecified atom stereocenters. The molecule has 1 aliphatic rings. The maximum absolute atomic E-state index is 12.1. The zero-order valence-corrected chi connectivity index (χ0v) is 10.1. The van der Waals surface area contributed by atoms with E-state index in [0.717, 1.165) is 12.8 Å². The number of ketones is 1. The third-order valence-electron chi connectivity index (χ3n) is 3.06. The van der Waals surface area contributed by atoms with Crippen LogP contribution in [0.5, 0.6) is 0 Å². The Balaban J connectivity index is 2.30. The average molecular weight is 243 g/mol. The van der Waals surface area contributed by atoms with Crippen molar-refractivity contribution in [3.8, 4) is 0 Å². The Labute approximate surface area is 105 Å². The van der Waals surface area contributed by atoms with Crippen molar-refractivity contribution in [2.24, 2.45) is 5.92 Å². The molecule has 4 nitrogen and oxygen atoms in total. The first kappa shape index (κ1) is 12.3. The Morgan fingerprint density at radius 3 is 2.39 bits per heavy atom. The fourth-order valence-corrected chi connectivity index (χ4v) is 1.88. The first-order chi connectivity index (χ1) is 8.67. The van der Waals surface area contributed by atoms with Crippen molar-refractivity contribution in [3.63, 3.8) is 0 Å². The van der Waals surface area contributed by atoms with E-state index in [1.54, 1.807) is 24.3 Å². The quantitative estimate of drug-likeness (QED) is 0.463. The molecule has 1 aliphatic carbocycles. The molecule has 4 heteroatoms. The van der Waals surface area contributed by atoms with Gasteiger partial charge in [0.15, 0.2) is 11.5 Å². The van der Waals surface area contributed by atoms with Gasteiger partial charge in [0, 0.05) is 5.92 Å². The van der Waals surface area contributed by atoms with E-state index in [1.165, 1.54) is 7.11 Å². The van der Waals surface area contributed by atoms with Gasteiger partial charge in [0.05, 0.1) is 13.7 Å². The van der Waals surface area contributed by atoms with Crippen molar-refractivity contribution in [2.75, 3.05) is 7.11 Å². The lowest BCUT2D eigenvalue weighted by molar-refractivity contribution is -0.146. The molecule has 1 atom stereocenters. The van der Waals surface area contributed by atoms with E-state index in [-0.39, 0.29) is 11.7 Å². The third kappa shape index (κ3) is 2.40. The summed E-state index contributed by atoms with van der Waals surface area (Å²) in [5.41, 5.74) is 1.09. The largest absolute Gasteiger partial charge is 0.468 e. The van der Waals surface area contributed by atoms with Crippen molar-refractivity contribution >= 4 is 17.4 Å². The number of esters is 1. The number of methoxy groups -OCH3 is 1. The maximum Gasteiger partial charge on any atom is 0.320 e. The van der Waals surface area contributed by atoms with E-state index in [2.05, 4.69) is 4.85 Å². The van der Waals surface area contributed by atoms with Crippen LogP contribution in [0.25, 0.3) is 4.85 Å².